The van der Waals surface area contributed by atoms with Gasteiger partial charge in [0, 0.05) is 0 Å². The number of benzene rings is 2. The van der Waals surface area contributed by atoms with Crippen LogP contribution in [0.2, 0.25) is 12.1 Å². The molecule has 1 aliphatic rings. The molecule has 3 aromatic rings. The Balaban J connectivity index is 0.000000676. The van der Waals surface area contributed by atoms with Gasteiger partial charge in [-0.2, -0.15) is 6.08 Å². The van der Waals surface area contributed by atoms with Gasteiger partial charge in [0.15, 0.2) is 0 Å². The first kappa shape index (κ1) is 37.5. The first-order chi connectivity index (χ1) is 16.7. The van der Waals surface area contributed by atoms with Crippen molar-refractivity contribution in [1.82, 2.24) is 0 Å². The number of allylic oxidation sites excluding steroid dienone is 4. The molecule has 3 aromatic carbocycles. The largest absolute Gasteiger partial charge is 1.00 e. The molecule has 1 aliphatic carbocycles. The molecule has 0 unspecified atom stereocenters. The fourth-order valence-corrected chi connectivity index (χ4v) is 12.5. The van der Waals surface area contributed by atoms with Gasteiger partial charge >= 0.3 is 80.4 Å². The number of hydrogen-bond acceptors (Lipinski definition) is 0. The van der Waals surface area contributed by atoms with E-state index in [4.69, 9.17) is 0 Å². The van der Waals surface area contributed by atoms with Gasteiger partial charge in [-0.3, -0.25) is 6.08 Å². The van der Waals surface area contributed by atoms with Crippen molar-refractivity contribution in [2.24, 2.45) is 11.8 Å². The Kier molecular flexibility index (Phi) is 16.4. The number of rotatable bonds is 4. The van der Waals surface area contributed by atoms with E-state index in [9.17, 15) is 0 Å². The number of fused-ring (bicyclic) bond motifs is 3. The average molecular weight is 647 g/mol. The van der Waals surface area contributed by atoms with Crippen LogP contribution >= 0.6 is 0 Å². The van der Waals surface area contributed by atoms with Crippen molar-refractivity contribution in [2.45, 2.75) is 98.6 Å². The van der Waals surface area contributed by atoms with Crippen LogP contribution in [0.1, 0.15) is 86.8 Å². The summed E-state index contributed by atoms with van der Waals surface area (Å²) in [7, 11) is 0. The zero-order valence-corrected chi connectivity index (χ0v) is 30.3. The molecule has 4 rings (SSSR count). The molecule has 0 saturated carbocycles. The molecular formula is C34H48Cl2SiZr-2. The van der Waals surface area contributed by atoms with Crippen LogP contribution in [0.25, 0.3) is 21.5 Å². The quantitative estimate of drug-likeness (QED) is 0.290. The predicted molar refractivity (Wildman–Crippen MR) is 161 cm³/mol. The molecule has 0 nitrogen and oxygen atoms in total. The van der Waals surface area contributed by atoms with E-state index in [0.29, 0.717) is 0 Å². The predicted octanol–water partition coefficient (Wildman–Crippen LogP) is 4.46. The molecular weight excluding hydrogens is 599 g/mol. The Hall–Kier alpha value is -0.530. The summed E-state index contributed by atoms with van der Waals surface area (Å²) in [4.78, 5) is 0. The summed E-state index contributed by atoms with van der Waals surface area (Å²) in [5.74, 6) is 1.87. The average Bonchev–Trinajstić information content (AvgIpc) is 3.42. The van der Waals surface area contributed by atoms with Crippen molar-refractivity contribution in [3.63, 3.8) is 0 Å². The summed E-state index contributed by atoms with van der Waals surface area (Å²) >= 11 is 1.83. The van der Waals surface area contributed by atoms with E-state index in [0.717, 1.165) is 18.3 Å². The van der Waals surface area contributed by atoms with Gasteiger partial charge in [-0.25, -0.2) is 12.2 Å². The third-order valence-corrected chi connectivity index (χ3v) is 12.0. The van der Waals surface area contributed by atoms with Crippen molar-refractivity contribution in [1.29, 1.82) is 0 Å². The second-order valence-corrected chi connectivity index (χ2v) is 20.3. The summed E-state index contributed by atoms with van der Waals surface area (Å²) in [6.07, 6.45) is 10.0. The van der Waals surface area contributed by atoms with Crippen LogP contribution in [-0.4, -0.2) is 5.43 Å². The van der Waals surface area contributed by atoms with Crippen molar-refractivity contribution < 1.29 is 48.1 Å². The molecule has 0 aromatic heterocycles. The monoisotopic (exact) mass is 644 g/mol. The van der Waals surface area contributed by atoms with Crippen molar-refractivity contribution >= 4 is 27.0 Å². The van der Waals surface area contributed by atoms with Gasteiger partial charge in [-0.1, -0.05) is 76.9 Å². The zero-order chi connectivity index (χ0) is 27.1. The summed E-state index contributed by atoms with van der Waals surface area (Å²) < 4.78 is 0. The first-order valence-corrected chi connectivity index (χ1v) is 19.2. The minimum absolute atomic E-state index is 0. The van der Waals surface area contributed by atoms with E-state index < -0.39 is 0 Å². The van der Waals surface area contributed by atoms with Gasteiger partial charge in [0.1, 0.15) is 0 Å². The molecule has 0 amide bonds. The van der Waals surface area contributed by atoms with Gasteiger partial charge < -0.3 is 24.8 Å². The summed E-state index contributed by atoms with van der Waals surface area (Å²) in [6, 6.07) is 19.2. The molecule has 0 N–H and O–H groups in total. The van der Waals surface area contributed by atoms with E-state index in [1.807, 2.05) is 35.5 Å². The molecule has 0 radical (unpaired) electrons. The molecule has 0 spiro atoms. The Morgan fingerprint density at radius 3 is 1.47 bits per heavy atom. The van der Waals surface area contributed by atoms with E-state index in [1.165, 1.54) is 44.8 Å². The SMILES string of the molecule is CC(C)(C)c1ccc2c(c1)[cH-]c1cc(C(C)(C)C)ccc12.CC(C)C[Si](=[Zr+2])CC(C)C.[C-]1=CC=CC1.[Cl-].[Cl-]. The molecule has 0 bridgehead atoms. The van der Waals surface area contributed by atoms with E-state index in [1.54, 1.807) is 0 Å². The molecule has 38 heavy (non-hydrogen) atoms. The molecule has 4 heteroatoms. The smallest absolute Gasteiger partial charge is 0.109 e. The van der Waals surface area contributed by atoms with E-state index >= 15 is 0 Å². The molecule has 0 saturated heterocycles. The molecule has 0 atom stereocenters. The molecule has 0 fully saturated rings. The summed E-state index contributed by atoms with van der Waals surface area (Å²) in [6.45, 7) is 23.0. The van der Waals surface area contributed by atoms with Crippen LogP contribution in [-0.2, 0) is 34.2 Å². The van der Waals surface area contributed by atoms with Crippen molar-refractivity contribution in [3.05, 3.63) is 77.9 Å². The molecule has 0 heterocycles. The fourth-order valence-electron chi connectivity index (χ4n) is 4.36. The number of hydrogen-bond donors (Lipinski definition) is 0. The Bertz CT molecular complexity index is 1110. The van der Waals surface area contributed by atoms with Gasteiger partial charge in [0.05, 0.1) is 0 Å². The second-order valence-electron chi connectivity index (χ2n) is 13.1. The molecule has 208 valence electrons. The standard InChI is InChI=1S/C21H25.C8H18Si.C5H5.2ClH.Zr/c1-20(2,3)16-7-9-18-14(12-16)11-15-13-17(21(4,5)6)8-10-19(15)18;1-7(2)5-9-6-8(3)4;1-2-4-5-3-1;;;/h7-13H,1-6H3;7-8H,5-6H2,1-4H3;1-3H,4H2;2*1H;/q-1;;-1;;;+2/p-2. The summed E-state index contributed by atoms with van der Waals surface area (Å²) in [5, 5.41) is 5.48. The van der Waals surface area contributed by atoms with E-state index in [2.05, 4.69) is 124 Å². The van der Waals surface area contributed by atoms with Crippen LogP contribution in [0.4, 0.5) is 0 Å². The first-order valence-electron chi connectivity index (χ1n) is 13.6. The third kappa shape index (κ3) is 12.3. The van der Waals surface area contributed by atoms with Crippen LogP contribution in [0.15, 0.2) is 60.7 Å². The second kappa shape index (κ2) is 16.7. The topological polar surface area (TPSA) is 0 Å². The Morgan fingerprint density at radius 2 is 1.21 bits per heavy atom. The fraction of sp³-hybridized carbons (Fsp3) is 0.500. The van der Waals surface area contributed by atoms with Gasteiger partial charge in [0.2, 0.25) is 0 Å². The van der Waals surface area contributed by atoms with Gasteiger partial charge in [-0.15, -0.1) is 46.2 Å². The normalized spacial score (nSPS) is 12.6. The third-order valence-electron chi connectivity index (χ3n) is 6.33. The van der Waals surface area contributed by atoms with Gasteiger partial charge in [-0.05, 0) is 10.8 Å². The van der Waals surface area contributed by atoms with Gasteiger partial charge in [0.25, 0.3) is 0 Å². The number of halogens is 2. The van der Waals surface area contributed by atoms with Crippen LogP contribution < -0.4 is 24.8 Å². The zero-order valence-electron chi connectivity index (χ0n) is 25.3. The molecule has 0 aliphatic heterocycles. The minimum atomic E-state index is 0. The van der Waals surface area contributed by atoms with Crippen molar-refractivity contribution in [2.75, 3.05) is 0 Å². The maximum absolute atomic E-state index is 2.99. The Labute approximate surface area is 261 Å². The van der Waals surface area contributed by atoms with Crippen LogP contribution in [0.3, 0.4) is 0 Å². The van der Waals surface area contributed by atoms with E-state index in [-0.39, 0.29) is 41.1 Å². The Morgan fingerprint density at radius 1 is 0.789 bits per heavy atom. The maximum Gasteiger partial charge on any atom is -0.109 e. The maximum atomic E-state index is 2.99. The van der Waals surface area contributed by atoms with Crippen LogP contribution in [0, 0.1) is 17.9 Å². The van der Waals surface area contributed by atoms with Crippen LogP contribution in [0.5, 0.6) is 0 Å². The van der Waals surface area contributed by atoms with Crippen molar-refractivity contribution in [3.8, 4) is 0 Å². The summed E-state index contributed by atoms with van der Waals surface area (Å²) in [5.41, 5.74) is 3.31. The minimum Gasteiger partial charge on any atom is -1.00 e.